The van der Waals surface area contributed by atoms with Crippen molar-refractivity contribution in [3.05, 3.63) is 89.2 Å². The standard InChI is InChI=1S/C23H22ClFN2O4S/c1-17-7-10-20(15-22(17)24)31-14-13-26-23(28)16-27(19-5-3-2-4-6-19)32(29,30)21-11-8-18(25)9-12-21/h2-12,15H,13-14,16H2,1H3,(H,26,28). The zero-order valence-corrected chi connectivity index (χ0v) is 18.9. The molecule has 1 amide bonds. The average Bonchev–Trinajstić information content (AvgIpc) is 2.78. The number of carbonyl (C=O) groups excluding carboxylic acids is 1. The van der Waals surface area contributed by atoms with Gasteiger partial charge in [0, 0.05) is 5.02 Å². The number of anilines is 1. The molecule has 0 unspecified atom stereocenters. The molecule has 168 valence electrons. The van der Waals surface area contributed by atoms with Crippen LogP contribution < -0.4 is 14.4 Å². The number of rotatable bonds is 9. The first-order valence-corrected chi connectivity index (χ1v) is 11.6. The molecule has 0 atom stereocenters. The summed E-state index contributed by atoms with van der Waals surface area (Å²) in [7, 11) is -4.09. The number of ether oxygens (including phenoxy) is 1. The van der Waals surface area contributed by atoms with Crippen molar-refractivity contribution in [3.8, 4) is 5.75 Å². The minimum atomic E-state index is -4.09. The number of halogens is 2. The Balaban J connectivity index is 1.66. The zero-order chi connectivity index (χ0) is 23.1. The molecule has 1 N–H and O–H groups in total. The minimum Gasteiger partial charge on any atom is -0.492 e. The van der Waals surface area contributed by atoms with Crippen LogP contribution in [0.5, 0.6) is 5.75 Å². The molecule has 0 aliphatic rings. The Labute approximate surface area is 191 Å². The largest absolute Gasteiger partial charge is 0.492 e. The van der Waals surface area contributed by atoms with Crippen molar-refractivity contribution in [3.63, 3.8) is 0 Å². The van der Waals surface area contributed by atoms with Crippen LogP contribution in [0.1, 0.15) is 5.56 Å². The molecule has 3 aromatic rings. The number of para-hydroxylation sites is 1. The summed E-state index contributed by atoms with van der Waals surface area (Å²) in [4.78, 5) is 12.4. The highest BCUT2D eigenvalue weighted by Gasteiger charge is 2.27. The van der Waals surface area contributed by atoms with Gasteiger partial charge in [-0.2, -0.15) is 0 Å². The molecule has 0 aliphatic carbocycles. The van der Waals surface area contributed by atoms with Gasteiger partial charge in [-0.3, -0.25) is 9.10 Å². The minimum absolute atomic E-state index is 0.116. The van der Waals surface area contributed by atoms with Gasteiger partial charge in [-0.25, -0.2) is 12.8 Å². The van der Waals surface area contributed by atoms with Crippen LogP contribution in [-0.2, 0) is 14.8 Å². The van der Waals surface area contributed by atoms with Crippen LogP contribution in [0, 0.1) is 12.7 Å². The molecular weight excluding hydrogens is 455 g/mol. The number of carbonyl (C=O) groups is 1. The van der Waals surface area contributed by atoms with E-state index in [9.17, 15) is 17.6 Å². The number of nitrogens with zero attached hydrogens (tertiary/aromatic N) is 1. The molecule has 0 saturated carbocycles. The van der Waals surface area contributed by atoms with Gasteiger partial charge in [0.25, 0.3) is 10.0 Å². The summed E-state index contributed by atoms with van der Waals surface area (Å²) in [5.74, 6) is -0.493. The van der Waals surface area contributed by atoms with Gasteiger partial charge >= 0.3 is 0 Å². The maximum atomic E-state index is 13.3. The van der Waals surface area contributed by atoms with E-state index in [1.54, 1.807) is 42.5 Å². The van der Waals surface area contributed by atoms with Crippen molar-refractivity contribution < 1.29 is 22.3 Å². The van der Waals surface area contributed by atoms with Gasteiger partial charge < -0.3 is 10.1 Å². The van der Waals surface area contributed by atoms with Crippen LogP contribution >= 0.6 is 11.6 Å². The van der Waals surface area contributed by atoms with E-state index in [1.165, 1.54) is 12.1 Å². The number of amides is 1. The smallest absolute Gasteiger partial charge is 0.264 e. The van der Waals surface area contributed by atoms with Crippen LogP contribution in [0.4, 0.5) is 10.1 Å². The first kappa shape index (κ1) is 23.6. The van der Waals surface area contributed by atoms with Gasteiger partial charge in [0.15, 0.2) is 0 Å². The first-order chi connectivity index (χ1) is 15.3. The molecule has 0 bridgehead atoms. The first-order valence-electron chi connectivity index (χ1n) is 9.76. The Hall–Kier alpha value is -3.10. The van der Waals surface area contributed by atoms with Crippen LogP contribution in [0.2, 0.25) is 5.02 Å². The fourth-order valence-corrected chi connectivity index (χ4v) is 4.44. The second kappa shape index (κ2) is 10.5. The van der Waals surface area contributed by atoms with E-state index in [1.807, 2.05) is 13.0 Å². The molecule has 3 aromatic carbocycles. The van der Waals surface area contributed by atoms with Gasteiger partial charge in [0.05, 0.1) is 17.1 Å². The lowest BCUT2D eigenvalue weighted by Gasteiger charge is -2.24. The van der Waals surface area contributed by atoms with E-state index < -0.39 is 28.3 Å². The predicted octanol–water partition coefficient (Wildman–Crippen LogP) is 4.18. The van der Waals surface area contributed by atoms with Crippen molar-refractivity contribution in [2.24, 2.45) is 0 Å². The van der Waals surface area contributed by atoms with Crippen LogP contribution in [-0.4, -0.2) is 34.0 Å². The van der Waals surface area contributed by atoms with Crippen molar-refractivity contribution in [1.82, 2.24) is 5.32 Å². The van der Waals surface area contributed by atoms with Gasteiger partial charge in [-0.1, -0.05) is 35.9 Å². The second-order valence-corrected chi connectivity index (χ2v) is 9.18. The van der Waals surface area contributed by atoms with E-state index >= 15 is 0 Å². The lowest BCUT2D eigenvalue weighted by atomic mass is 10.2. The van der Waals surface area contributed by atoms with E-state index in [0.717, 1.165) is 22.0 Å². The highest BCUT2D eigenvalue weighted by atomic mass is 35.5. The fraction of sp³-hybridized carbons (Fsp3) is 0.174. The quantitative estimate of drug-likeness (QED) is 0.470. The summed E-state index contributed by atoms with van der Waals surface area (Å²) in [5, 5.41) is 3.23. The van der Waals surface area contributed by atoms with E-state index in [2.05, 4.69) is 5.32 Å². The van der Waals surface area contributed by atoms with Gasteiger partial charge in [-0.15, -0.1) is 0 Å². The Morgan fingerprint density at radius 2 is 1.75 bits per heavy atom. The fourth-order valence-electron chi connectivity index (χ4n) is 2.85. The summed E-state index contributed by atoms with van der Waals surface area (Å²) in [6.07, 6.45) is 0. The van der Waals surface area contributed by atoms with Crippen molar-refractivity contribution in [2.45, 2.75) is 11.8 Å². The molecule has 0 heterocycles. The zero-order valence-electron chi connectivity index (χ0n) is 17.3. The number of nitrogens with one attached hydrogen (secondary N) is 1. The van der Waals surface area contributed by atoms with Crippen LogP contribution in [0.15, 0.2) is 77.7 Å². The maximum absolute atomic E-state index is 13.3. The molecule has 0 spiro atoms. The second-order valence-electron chi connectivity index (χ2n) is 6.91. The lowest BCUT2D eigenvalue weighted by Crippen LogP contribution is -2.41. The molecule has 0 radical (unpaired) electrons. The third kappa shape index (κ3) is 5.99. The molecule has 32 heavy (non-hydrogen) atoms. The lowest BCUT2D eigenvalue weighted by molar-refractivity contribution is -0.119. The number of benzene rings is 3. The molecule has 0 saturated heterocycles. The summed E-state index contributed by atoms with van der Waals surface area (Å²) in [5.41, 5.74) is 1.24. The van der Waals surface area contributed by atoms with Crippen molar-refractivity contribution in [2.75, 3.05) is 24.0 Å². The third-order valence-corrected chi connectivity index (χ3v) is 6.76. The monoisotopic (exact) mass is 476 g/mol. The van der Waals surface area contributed by atoms with Crippen LogP contribution in [0.25, 0.3) is 0 Å². The van der Waals surface area contributed by atoms with Crippen molar-refractivity contribution in [1.29, 1.82) is 0 Å². The van der Waals surface area contributed by atoms with E-state index in [-0.39, 0.29) is 18.0 Å². The van der Waals surface area contributed by atoms with E-state index in [4.69, 9.17) is 16.3 Å². The highest BCUT2D eigenvalue weighted by Crippen LogP contribution is 2.24. The van der Waals surface area contributed by atoms with Gasteiger partial charge in [0.2, 0.25) is 5.91 Å². The molecular formula is C23H22ClFN2O4S. The third-order valence-electron chi connectivity index (χ3n) is 4.57. The molecule has 0 aliphatic heterocycles. The highest BCUT2D eigenvalue weighted by molar-refractivity contribution is 7.92. The Kier molecular flexibility index (Phi) is 7.71. The normalized spacial score (nSPS) is 11.1. The molecule has 9 heteroatoms. The Bertz CT molecular complexity index is 1170. The number of hydrogen-bond acceptors (Lipinski definition) is 4. The average molecular weight is 477 g/mol. The molecule has 0 aromatic heterocycles. The Morgan fingerprint density at radius 1 is 1.06 bits per heavy atom. The summed E-state index contributed by atoms with van der Waals surface area (Å²) in [6, 6.07) is 18.0. The number of aryl methyl sites for hydroxylation is 1. The number of hydrogen-bond donors (Lipinski definition) is 1. The summed E-state index contributed by atoms with van der Waals surface area (Å²) >= 11 is 6.06. The summed E-state index contributed by atoms with van der Waals surface area (Å²) < 4.78 is 46.1. The maximum Gasteiger partial charge on any atom is 0.264 e. The SMILES string of the molecule is Cc1ccc(OCCNC(=O)CN(c2ccccc2)S(=O)(=O)c2ccc(F)cc2)cc1Cl. The molecule has 0 fully saturated rings. The van der Waals surface area contributed by atoms with E-state index in [0.29, 0.717) is 16.5 Å². The predicted molar refractivity (Wildman–Crippen MR) is 122 cm³/mol. The van der Waals surface area contributed by atoms with Gasteiger partial charge in [0.1, 0.15) is 24.7 Å². The van der Waals surface area contributed by atoms with Crippen molar-refractivity contribution >= 4 is 33.2 Å². The summed E-state index contributed by atoms with van der Waals surface area (Å²) in [6.45, 7) is 1.79. The molecule has 6 nitrogen and oxygen atoms in total. The van der Waals surface area contributed by atoms with Crippen LogP contribution in [0.3, 0.4) is 0 Å². The number of sulfonamides is 1. The topological polar surface area (TPSA) is 75.7 Å². The Morgan fingerprint density at radius 3 is 2.41 bits per heavy atom. The molecule has 3 rings (SSSR count). The van der Waals surface area contributed by atoms with Gasteiger partial charge in [-0.05, 0) is 61.0 Å².